The van der Waals surface area contributed by atoms with Gasteiger partial charge in [-0.15, -0.1) is 11.8 Å². The number of halogens is 2. The van der Waals surface area contributed by atoms with E-state index in [0.29, 0.717) is 17.3 Å². The second-order valence-corrected chi connectivity index (χ2v) is 10.5. The van der Waals surface area contributed by atoms with Crippen LogP contribution in [0.25, 0.3) is 0 Å². The molecule has 2 amide bonds. The van der Waals surface area contributed by atoms with E-state index < -0.39 is 6.04 Å². The Labute approximate surface area is 196 Å². The molecule has 0 bridgehead atoms. The summed E-state index contributed by atoms with van der Waals surface area (Å²) in [6.07, 6.45) is 0. The Morgan fingerprint density at radius 2 is 1.80 bits per heavy atom. The Hall–Kier alpha value is -1.50. The lowest BCUT2D eigenvalue weighted by Crippen LogP contribution is -2.52. The van der Waals surface area contributed by atoms with E-state index in [-0.39, 0.29) is 23.1 Å². The van der Waals surface area contributed by atoms with E-state index in [4.69, 9.17) is 11.6 Å². The lowest BCUT2D eigenvalue weighted by atomic mass is 10.1. The van der Waals surface area contributed by atoms with Crippen molar-refractivity contribution < 1.29 is 9.59 Å². The first-order valence-corrected chi connectivity index (χ1v) is 12.1. The van der Waals surface area contributed by atoms with Gasteiger partial charge in [0.25, 0.3) is 0 Å². The minimum absolute atomic E-state index is 0.0708. The summed E-state index contributed by atoms with van der Waals surface area (Å²) in [5, 5.41) is 3.66. The van der Waals surface area contributed by atoms with Crippen molar-refractivity contribution in [2.24, 2.45) is 0 Å². The molecule has 162 valence electrons. The van der Waals surface area contributed by atoms with Crippen LogP contribution in [0.5, 0.6) is 0 Å². The highest BCUT2D eigenvalue weighted by molar-refractivity contribution is 9.10. The average molecular weight is 512 g/mol. The molecule has 0 radical (unpaired) electrons. The van der Waals surface area contributed by atoms with Crippen LogP contribution in [-0.2, 0) is 21.9 Å². The number of nitrogens with one attached hydrogen (secondary N) is 1. The van der Waals surface area contributed by atoms with E-state index in [0.717, 1.165) is 15.6 Å². The Morgan fingerprint density at radius 3 is 2.43 bits per heavy atom. The molecule has 0 unspecified atom stereocenters. The van der Waals surface area contributed by atoms with Gasteiger partial charge in [-0.3, -0.25) is 9.59 Å². The molecule has 0 saturated heterocycles. The van der Waals surface area contributed by atoms with Gasteiger partial charge in [0.2, 0.25) is 11.8 Å². The largest absolute Gasteiger partial charge is 0.350 e. The molecule has 1 N–H and O–H groups in total. The highest BCUT2D eigenvalue weighted by Gasteiger charge is 2.28. The van der Waals surface area contributed by atoms with E-state index in [1.807, 2.05) is 69.3 Å². The Balaban J connectivity index is 2.10. The van der Waals surface area contributed by atoms with Crippen molar-refractivity contribution in [3.63, 3.8) is 0 Å². The van der Waals surface area contributed by atoms with Crippen LogP contribution in [0.3, 0.4) is 0 Å². The van der Waals surface area contributed by atoms with Gasteiger partial charge in [-0.25, -0.2) is 0 Å². The van der Waals surface area contributed by atoms with E-state index in [9.17, 15) is 9.59 Å². The van der Waals surface area contributed by atoms with E-state index in [1.165, 1.54) is 11.8 Å². The van der Waals surface area contributed by atoms with Crippen LogP contribution in [0.1, 0.15) is 38.8 Å². The molecular formula is C23H28BrClN2O2S. The molecule has 2 aromatic carbocycles. The molecule has 2 rings (SSSR count). The standard InChI is InChI=1S/C23H28BrClN2O2S/c1-16(22(29)26-23(2,3)4)27(13-17-7-5-9-19(24)11-17)21(28)15-30-14-18-8-6-10-20(25)12-18/h5-12,16H,13-15H2,1-4H3,(H,26,29)/t16-/m1/s1. The average Bonchev–Trinajstić information content (AvgIpc) is 2.64. The lowest BCUT2D eigenvalue weighted by molar-refractivity contribution is -0.139. The third-order valence-corrected chi connectivity index (χ3v) is 6.01. The number of amides is 2. The van der Waals surface area contributed by atoms with E-state index in [1.54, 1.807) is 11.8 Å². The van der Waals surface area contributed by atoms with Gasteiger partial charge in [0, 0.05) is 27.3 Å². The highest BCUT2D eigenvalue weighted by atomic mass is 79.9. The zero-order valence-corrected chi connectivity index (χ0v) is 20.9. The number of hydrogen-bond donors (Lipinski definition) is 1. The Morgan fingerprint density at radius 1 is 1.13 bits per heavy atom. The maximum absolute atomic E-state index is 13.1. The van der Waals surface area contributed by atoms with Gasteiger partial charge < -0.3 is 10.2 Å². The van der Waals surface area contributed by atoms with Crippen LogP contribution in [0, 0.1) is 0 Å². The third-order valence-electron chi connectivity index (χ3n) is 4.29. The summed E-state index contributed by atoms with van der Waals surface area (Å²) in [7, 11) is 0. The van der Waals surface area contributed by atoms with Crippen LogP contribution >= 0.6 is 39.3 Å². The van der Waals surface area contributed by atoms with Crippen molar-refractivity contribution >= 4 is 51.1 Å². The topological polar surface area (TPSA) is 49.4 Å². The molecule has 2 aromatic rings. The first kappa shape index (κ1) is 24.8. The fraction of sp³-hybridized carbons (Fsp3) is 0.391. The number of rotatable bonds is 8. The molecule has 0 aliphatic rings. The molecule has 0 aliphatic carbocycles. The summed E-state index contributed by atoms with van der Waals surface area (Å²) in [5.41, 5.74) is 1.67. The predicted molar refractivity (Wildman–Crippen MR) is 130 cm³/mol. The summed E-state index contributed by atoms with van der Waals surface area (Å²) in [5.74, 6) is 0.733. The summed E-state index contributed by atoms with van der Waals surface area (Å²) < 4.78 is 0.939. The molecule has 0 fully saturated rings. The number of thioether (sulfide) groups is 1. The van der Waals surface area contributed by atoms with Gasteiger partial charge in [-0.1, -0.05) is 51.8 Å². The quantitative estimate of drug-likeness (QED) is 0.497. The second-order valence-electron chi connectivity index (χ2n) is 8.19. The molecule has 0 aromatic heterocycles. The van der Waals surface area contributed by atoms with E-state index in [2.05, 4.69) is 21.2 Å². The smallest absolute Gasteiger partial charge is 0.242 e. The van der Waals surface area contributed by atoms with Crippen molar-refractivity contribution in [3.05, 3.63) is 69.2 Å². The number of carbonyl (C=O) groups is 2. The molecule has 1 atom stereocenters. The van der Waals surface area contributed by atoms with Crippen molar-refractivity contribution in [1.29, 1.82) is 0 Å². The third kappa shape index (κ3) is 8.32. The molecular weight excluding hydrogens is 484 g/mol. The van der Waals surface area contributed by atoms with Crippen molar-refractivity contribution in [2.45, 2.75) is 51.6 Å². The van der Waals surface area contributed by atoms with Crippen LogP contribution in [0.15, 0.2) is 53.0 Å². The van der Waals surface area contributed by atoms with E-state index >= 15 is 0 Å². The molecule has 30 heavy (non-hydrogen) atoms. The normalized spacial score (nSPS) is 12.3. The second kappa shape index (κ2) is 11.2. The highest BCUT2D eigenvalue weighted by Crippen LogP contribution is 2.20. The first-order valence-electron chi connectivity index (χ1n) is 9.73. The molecule has 7 heteroatoms. The van der Waals surface area contributed by atoms with Gasteiger partial charge in [0.05, 0.1) is 5.75 Å². The van der Waals surface area contributed by atoms with Crippen LogP contribution in [0.4, 0.5) is 0 Å². The fourth-order valence-corrected chi connectivity index (χ4v) is 4.37. The Kier molecular flexibility index (Phi) is 9.26. The number of benzene rings is 2. The number of carbonyl (C=O) groups excluding carboxylic acids is 2. The maximum Gasteiger partial charge on any atom is 0.242 e. The minimum Gasteiger partial charge on any atom is -0.350 e. The van der Waals surface area contributed by atoms with Crippen molar-refractivity contribution in [2.75, 3.05) is 5.75 Å². The Bertz CT molecular complexity index is 886. The SMILES string of the molecule is C[C@H](C(=O)NC(C)(C)C)N(Cc1cccc(Br)c1)C(=O)CSCc1cccc(Cl)c1. The van der Waals surface area contributed by atoms with Crippen LogP contribution in [0.2, 0.25) is 5.02 Å². The summed E-state index contributed by atoms with van der Waals surface area (Å²) in [6.45, 7) is 7.93. The number of nitrogens with zero attached hydrogens (tertiary/aromatic N) is 1. The predicted octanol–water partition coefficient (Wildman–Crippen LogP) is 5.67. The zero-order valence-electron chi connectivity index (χ0n) is 17.7. The van der Waals surface area contributed by atoms with Crippen LogP contribution in [-0.4, -0.2) is 34.0 Å². The van der Waals surface area contributed by atoms with Gasteiger partial charge in [-0.05, 0) is 63.1 Å². The number of hydrogen-bond acceptors (Lipinski definition) is 3. The van der Waals surface area contributed by atoms with Gasteiger partial charge in [0.15, 0.2) is 0 Å². The molecule has 0 saturated carbocycles. The molecule has 0 heterocycles. The lowest BCUT2D eigenvalue weighted by Gasteiger charge is -2.31. The van der Waals surface area contributed by atoms with Crippen LogP contribution < -0.4 is 5.32 Å². The summed E-state index contributed by atoms with van der Waals surface area (Å²) >= 11 is 11.0. The monoisotopic (exact) mass is 510 g/mol. The molecule has 0 aliphatic heterocycles. The van der Waals surface area contributed by atoms with Crippen molar-refractivity contribution in [1.82, 2.24) is 10.2 Å². The molecule has 4 nitrogen and oxygen atoms in total. The van der Waals surface area contributed by atoms with Gasteiger partial charge in [0.1, 0.15) is 6.04 Å². The molecule has 0 spiro atoms. The van der Waals surface area contributed by atoms with Crippen molar-refractivity contribution in [3.8, 4) is 0 Å². The van der Waals surface area contributed by atoms with Gasteiger partial charge in [-0.2, -0.15) is 0 Å². The minimum atomic E-state index is -0.581. The maximum atomic E-state index is 13.1. The van der Waals surface area contributed by atoms with Gasteiger partial charge >= 0.3 is 0 Å². The fourth-order valence-electron chi connectivity index (χ4n) is 2.85. The summed E-state index contributed by atoms with van der Waals surface area (Å²) in [4.78, 5) is 27.5. The zero-order chi connectivity index (χ0) is 22.3. The summed E-state index contributed by atoms with van der Waals surface area (Å²) in [6, 6.07) is 14.8. The first-order chi connectivity index (χ1) is 14.0.